The SMILES string of the molecule is CCN1CCC[C@@H]1[C@H]1CCCN1C(=O)c1cc(C)no1. The normalized spacial score (nSPS) is 27.4. The van der Waals surface area contributed by atoms with Gasteiger partial charge >= 0.3 is 0 Å². The molecule has 2 aliphatic heterocycles. The van der Waals surface area contributed by atoms with Crippen molar-refractivity contribution in [1.82, 2.24) is 15.0 Å². The highest BCUT2D eigenvalue weighted by molar-refractivity contribution is 5.92. The molecule has 5 nitrogen and oxygen atoms in total. The predicted molar refractivity (Wildman–Crippen MR) is 75.6 cm³/mol. The van der Waals surface area contributed by atoms with Crippen LogP contribution >= 0.6 is 0 Å². The van der Waals surface area contributed by atoms with Crippen LogP contribution in [0.25, 0.3) is 0 Å². The monoisotopic (exact) mass is 277 g/mol. The highest BCUT2D eigenvalue weighted by Gasteiger charge is 2.40. The van der Waals surface area contributed by atoms with Gasteiger partial charge in [-0.3, -0.25) is 9.69 Å². The van der Waals surface area contributed by atoms with E-state index < -0.39 is 0 Å². The smallest absolute Gasteiger partial charge is 0.292 e. The Bertz CT molecular complexity index is 485. The Labute approximate surface area is 119 Å². The number of carbonyl (C=O) groups excluding carboxylic acids is 1. The van der Waals surface area contributed by atoms with Crippen LogP contribution in [0.5, 0.6) is 0 Å². The van der Waals surface area contributed by atoms with Crippen LogP contribution in [0.1, 0.15) is 48.9 Å². The van der Waals surface area contributed by atoms with Gasteiger partial charge in [-0.1, -0.05) is 12.1 Å². The Hall–Kier alpha value is -1.36. The number of aryl methyl sites for hydroxylation is 1. The average molecular weight is 277 g/mol. The molecule has 0 bridgehead atoms. The van der Waals surface area contributed by atoms with E-state index in [1.165, 1.54) is 19.4 Å². The van der Waals surface area contributed by atoms with E-state index in [9.17, 15) is 4.79 Å². The number of amides is 1. The first-order valence-electron chi connectivity index (χ1n) is 7.69. The Balaban J connectivity index is 1.77. The molecular weight excluding hydrogens is 254 g/mol. The molecular formula is C15H23N3O2. The molecule has 0 N–H and O–H groups in total. The lowest BCUT2D eigenvalue weighted by atomic mass is 10.0. The van der Waals surface area contributed by atoms with Crippen molar-refractivity contribution in [1.29, 1.82) is 0 Å². The minimum absolute atomic E-state index is 0.0102. The van der Waals surface area contributed by atoms with Gasteiger partial charge in [0.15, 0.2) is 0 Å². The second kappa shape index (κ2) is 5.56. The number of rotatable bonds is 3. The maximum absolute atomic E-state index is 12.6. The fraction of sp³-hybridized carbons (Fsp3) is 0.733. The summed E-state index contributed by atoms with van der Waals surface area (Å²) in [6.07, 6.45) is 4.66. The maximum atomic E-state index is 12.6. The molecule has 20 heavy (non-hydrogen) atoms. The lowest BCUT2D eigenvalue weighted by Crippen LogP contribution is -2.48. The fourth-order valence-electron chi connectivity index (χ4n) is 3.73. The molecule has 0 radical (unpaired) electrons. The third-order valence-electron chi connectivity index (χ3n) is 4.66. The van der Waals surface area contributed by atoms with Crippen molar-refractivity contribution < 1.29 is 9.32 Å². The molecule has 2 aliphatic rings. The lowest BCUT2D eigenvalue weighted by molar-refractivity contribution is 0.0609. The maximum Gasteiger partial charge on any atom is 0.292 e. The van der Waals surface area contributed by atoms with Crippen molar-refractivity contribution in [3.63, 3.8) is 0 Å². The summed E-state index contributed by atoms with van der Waals surface area (Å²) in [5.74, 6) is 0.395. The third-order valence-corrected chi connectivity index (χ3v) is 4.66. The molecule has 0 aromatic carbocycles. The predicted octanol–water partition coefficient (Wildman–Crippen LogP) is 2.07. The summed E-state index contributed by atoms with van der Waals surface area (Å²) < 4.78 is 5.15. The van der Waals surface area contributed by atoms with E-state index >= 15 is 0 Å². The molecule has 2 atom stereocenters. The Kier molecular flexibility index (Phi) is 3.78. The van der Waals surface area contributed by atoms with E-state index in [4.69, 9.17) is 4.52 Å². The Morgan fingerprint density at radius 1 is 1.35 bits per heavy atom. The minimum Gasteiger partial charge on any atom is -0.351 e. The molecule has 1 amide bonds. The molecule has 110 valence electrons. The Morgan fingerprint density at radius 2 is 2.10 bits per heavy atom. The van der Waals surface area contributed by atoms with Crippen molar-refractivity contribution >= 4 is 5.91 Å². The van der Waals surface area contributed by atoms with Crippen LogP contribution in [0, 0.1) is 6.92 Å². The number of aromatic nitrogens is 1. The average Bonchev–Trinajstić information content (AvgIpc) is 3.16. The largest absolute Gasteiger partial charge is 0.351 e. The first-order valence-corrected chi connectivity index (χ1v) is 7.69. The number of hydrogen-bond donors (Lipinski definition) is 0. The van der Waals surface area contributed by atoms with Gasteiger partial charge in [0.1, 0.15) is 0 Å². The summed E-state index contributed by atoms with van der Waals surface area (Å²) in [5.41, 5.74) is 0.764. The number of likely N-dealkylation sites (tertiary alicyclic amines) is 2. The number of likely N-dealkylation sites (N-methyl/N-ethyl adjacent to an activating group) is 1. The van der Waals surface area contributed by atoms with Gasteiger partial charge in [-0.05, 0) is 45.7 Å². The highest BCUT2D eigenvalue weighted by atomic mass is 16.5. The van der Waals surface area contributed by atoms with E-state index in [1.807, 2.05) is 11.8 Å². The number of nitrogens with zero attached hydrogens (tertiary/aromatic N) is 3. The van der Waals surface area contributed by atoms with Crippen LogP contribution in [0.4, 0.5) is 0 Å². The van der Waals surface area contributed by atoms with Gasteiger partial charge in [0.25, 0.3) is 5.91 Å². The van der Waals surface area contributed by atoms with E-state index in [0.717, 1.165) is 31.6 Å². The van der Waals surface area contributed by atoms with Crippen molar-refractivity contribution in [2.75, 3.05) is 19.6 Å². The first kappa shape index (κ1) is 13.6. The molecule has 0 aliphatic carbocycles. The standard InChI is InChI=1S/C15H23N3O2/c1-3-17-8-4-6-12(17)13-7-5-9-18(13)15(19)14-10-11(2)16-20-14/h10,12-13H,3-9H2,1-2H3/t12-,13-/m1/s1. The number of hydrogen-bond acceptors (Lipinski definition) is 4. The second-order valence-electron chi connectivity index (χ2n) is 5.88. The van der Waals surface area contributed by atoms with Gasteiger partial charge in [-0.25, -0.2) is 0 Å². The molecule has 2 fully saturated rings. The summed E-state index contributed by atoms with van der Waals surface area (Å²) in [4.78, 5) is 17.1. The van der Waals surface area contributed by atoms with Gasteiger partial charge in [0, 0.05) is 24.7 Å². The van der Waals surface area contributed by atoms with Crippen molar-refractivity contribution in [3.8, 4) is 0 Å². The van der Waals surface area contributed by atoms with Gasteiger partial charge < -0.3 is 9.42 Å². The molecule has 1 aromatic rings. The van der Waals surface area contributed by atoms with Gasteiger partial charge in [0.05, 0.1) is 5.69 Å². The summed E-state index contributed by atoms with van der Waals surface area (Å²) in [6.45, 7) is 7.14. The van der Waals surface area contributed by atoms with E-state index in [1.54, 1.807) is 6.07 Å². The zero-order chi connectivity index (χ0) is 14.1. The molecule has 3 heterocycles. The van der Waals surface area contributed by atoms with Crippen LogP contribution in [0.3, 0.4) is 0 Å². The molecule has 3 rings (SSSR count). The molecule has 0 unspecified atom stereocenters. The lowest BCUT2D eigenvalue weighted by Gasteiger charge is -2.34. The topological polar surface area (TPSA) is 49.6 Å². The minimum atomic E-state index is 0.0102. The van der Waals surface area contributed by atoms with Crippen LogP contribution in [0.15, 0.2) is 10.6 Å². The summed E-state index contributed by atoms with van der Waals surface area (Å²) in [7, 11) is 0. The van der Waals surface area contributed by atoms with E-state index in [2.05, 4.69) is 17.0 Å². The van der Waals surface area contributed by atoms with Crippen molar-refractivity contribution in [2.24, 2.45) is 0 Å². The number of carbonyl (C=O) groups is 1. The molecule has 5 heteroatoms. The van der Waals surface area contributed by atoms with Crippen molar-refractivity contribution in [3.05, 3.63) is 17.5 Å². The zero-order valence-electron chi connectivity index (χ0n) is 12.3. The first-order chi connectivity index (χ1) is 9.70. The van der Waals surface area contributed by atoms with Crippen molar-refractivity contribution in [2.45, 2.75) is 51.6 Å². The quantitative estimate of drug-likeness (QED) is 0.848. The molecule has 2 saturated heterocycles. The van der Waals surface area contributed by atoms with Gasteiger partial charge in [-0.2, -0.15) is 0 Å². The van der Waals surface area contributed by atoms with Crippen LogP contribution in [0.2, 0.25) is 0 Å². The summed E-state index contributed by atoms with van der Waals surface area (Å²) >= 11 is 0. The molecule has 0 spiro atoms. The second-order valence-corrected chi connectivity index (χ2v) is 5.88. The molecule has 0 saturated carbocycles. The summed E-state index contributed by atoms with van der Waals surface area (Å²) in [6, 6.07) is 2.61. The van der Waals surface area contributed by atoms with Gasteiger partial charge in [-0.15, -0.1) is 0 Å². The zero-order valence-corrected chi connectivity index (χ0v) is 12.3. The highest BCUT2D eigenvalue weighted by Crippen LogP contribution is 2.30. The van der Waals surface area contributed by atoms with E-state index in [-0.39, 0.29) is 5.91 Å². The molecule has 1 aromatic heterocycles. The third kappa shape index (κ3) is 2.35. The van der Waals surface area contributed by atoms with Crippen LogP contribution in [-0.4, -0.2) is 52.6 Å². The van der Waals surface area contributed by atoms with E-state index in [0.29, 0.717) is 17.8 Å². The van der Waals surface area contributed by atoms with Gasteiger partial charge in [0.2, 0.25) is 5.76 Å². The fourth-order valence-corrected chi connectivity index (χ4v) is 3.73. The van der Waals surface area contributed by atoms with Crippen LogP contribution in [-0.2, 0) is 0 Å². The van der Waals surface area contributed by atoms with Crippen LogP contribution < -0.4 is 0 Å². The Morgan fingerprint density at radius 3 is 2.80 bits per heavy atom. The summed E-state index contributed by atoms with van der Waals surface area (Å²) in [5, 5.41) is 3.83.